The molecule has 0 atom stereocenters. The van der Waals surface area contributed by atoms with Crippen LogP contribution in [-0.4, -0.2) is 18.5 Å². The van der Waals surface area contributed by atoms with Crippen LogP contribution in [0, 0.1) is 6.92 Å². The van der Waals surface area contributed by atoms with Gasteiger partial charge in [-0.05, 0) is 55.5 Å². The highest BCUT2D eigenvalue weighted by Crippen LogP contribution is 2.41. The molecular weight excluding hydrogens is 467 g/mol. The molecule has 8 heteroatoms. The summed E-state index contributed by atoms with van der Waals surface area (Å²) in [6.45, 7) is 2.19. The number of carbonyl (C=O) groups is 2. The van der Waals surface area contributed by atoms with Crippen molar-refractivity contribution >= 4 is 41.0 Å². The van der Waals surface area contributed by atoms with Crippen LogP contribution in [0.15, 0.2) is 54.3 Å². The Morgan fingerprint density at radius 2 is 1.91 bits per heavy atom. The van der Waals surface area contributed by atoms with Crippen molar-refractivity contribution in [3.63, 3.8) is 0 Å². The van der Waals surface area contributed by atoms with Crippen molar-refractivity contribution < 1.29 is 28.5 Å². The van der Waals surface area contributed by atoms with Crippen molar-refractivity contribution in [3.05, 3.63) is 92.2 Å². The van der Waals surface area contributed by atoms with Gasteiger partial charge in [0.15, 0.2) is 12.6 Å². The van der Waals surface area contributed by atoms with E-state index in [1.165, 1.54) is 6.07 Å². The van der Waals surface area contributed by atoms with Crippen molar-refractivity contribution in [2.75, 3.05) is 6.79 Å². The average Bonchev–Trinajstić information content (AvgIpc) is 3.11. The average molecular weight is 483 g/mol. The quantitative estimate of drug-likeness (QED) is 0.259. The molecule has 0 N–H and O–H groups in total. The fourth-order valence-electron chi connectivity index (χ4n) is 3.71. The van der Waals surface area contributed by atoms with Gasteiger partial charge in [-0.3, -0.25) is 4.79 Å². The van der Waals surface area contributed by atoms with Crippen LogP contribution in [-0.2, 0) is 11.3 Å². The van der Waals surface area contributed by atoms with E-state index in [1.54, 1.807) is 55.5 Å². The Bertz CT molecular complexity index is 1340. The lowest BCUT2D eigenvalue weighted by molar-refractivity contribution is -0.0165. The highest BCUT2D eigenvalue weighted by atomic mass is 35.5. The van der Waals surface area contributed by atoms with E-state index in [0.29, 0.717) is 50.4 Å². The number of esters is 1. The van der Waals surface area contributed by atoms with Gasteiger partial charge in [0.1, 0.15) is 17.2 Å². The van der Waals surface area contributed by atoms with E-state index in [9.17, 15) is 9.59 Å². The molecule has 2 aliphatic rings. The minimum absolute atomic E-state index is 0.111. The SMILES string of the molecule is Cc1c(OC(=O)c2cccc(Cl)c2)ccc2c1O/C(=C\c1cc(Cl)cc3c1OCOC3)C2=O. The van der Waals surface area contributed by atoms with E-state index in [0.717, 1.165) is 5.56 Å². The van der Waals surface area contributed by atoms with E-state index in [4.69, 9.17) is 42.1 Å². The molecule has 0 saturated carbocycles. The van der Waals surface area contributed by atoms with E-state index in [1.807, 2.05) is 0 Å². The van der Waals surface area contributed by atoms with Gasteiger partial charge in [0.25, 0.3) is 0 Å². The zero-order valence-electron chi connectivity index (χ0n) is 17.3. The molecular formula is C25H16Cl2O6. The maximum absolute atomic E-state index is 13.0. The lowest BCUT2D eigenvalue weighted by atomic mass is 10.0. The zero-order valence-corrected chi connectivity index (χ0v) is 18.8. The van der Waals surface area contributed by atoms with E-state index < -0.39 is 5.97 Å². The van der Waals surface area contributed by atoms with E-state index in [-0.39, 0.29) is 24.1 Å². The zero-order chi connectivity index (χ0) is 23.1. The molecule has 0 unspecified atom stereocenters. The molecule has 0 radical (unpaired) electrons. The van der Waals surface area contributed by atoms with Crippen LogP contribution in [0.25, 0.3) is 6.08 Å². The molecule has 0 saturated heterocycles. The molecule has 3 aromatic rings. The molecule has 3 aromatic carbocycles. The minimum Gasteiger partial charge on any atom is -0.467 e. The lowest BCUT2D eigenvalue weighted by Gasteiger charge is -2.20. The van der Waals surface area contributed by atoms with Gasteiger partial charge in [-0.15, -0.1) is 0 Å². The second kappa shape index (κ2) is 8.56. The molecule has 2 heterocycles. The van der Waals surface area contributed by atoms with Crippen LogP contribution in [0.4, 0.5) is 0 Å². The highest BCUT2D eigenvalue weighted by Gasteiger charge is 2.31. The molecule has 0 aliphatic carbocycles. The number of hydrogen-bond donors (Lipinski definition) is 0. The van der Waals surface area contributed by atoms with Gasteiger partial charge in [-0.1, -0.05) is 29.3 Å². The van der Waals surface area contributed by atoms with Gasteiger partial charge < -0.3 is 18.9 Å². The molecule has 0 amide bonds. The van der Waals surface area contributed by atoms with Crippen LogP contribution in [0.1, 0.15) is 37.4 Å². The molecule has 5 rings (SSSR count). The van der Waals surface area contributed by atoms with E-state index in [2.05, 4.69) is 0 Å². The van der Waals surface area contributed by atoms with Crippen LogP contribution >= 0.6 is 23.2 Å². The number of rotatable bonds is 3. The third-order valence-corrected chi connectivity index (χ3v) is 5.74. The summed E-state index contributed by atoms with van der Waals surface area (Å²) in [6.07, 6.45) is 1.59. The van der Waals surface area contributed by atoms with Crippen LogP contribution in [0.2, 0.25) is 10.0 Å². The van der Waals surface area contributed by atoms with Crippen molar-refractivity contribution in [1.82, 2.24) is 0 Å². The summed E-state index contributed by atoms with van der Waals surface area (Å²) in [6, 6.07) is 13.1. The van der Waals surface area contributed by atoms with Gasteiger partial charge in [-0.25, -0.2) is 4.79 Å². The summed E-state index contributed by atoms with van der Waals surface area (Å²) in [7, 11) is 0. The summed E-state index contributed by atoms with van der Waals surface area (Å²) < 4.78 is 22.3. The Morgan fingerprint density at radius 1 is 1.06 bits per heavy atom. The molecule has 2 aliphatic heterocycles. The van der Waals surface area contributed by atoms with Crippen molar-refractivity contribution in [2.24, 2.45) is 0 Å². The summed E-state index contributed by atoms with van der Waals surface area (Å²) in [5.74, 6) is 0.479. The summed E-state index contributed by atoms with van der Waals surface area (Å²) in [5, 5.41) is 0.918. The monoisotopic (exact) mass is 482 g/mol. The standard InChI is InChI=1S/C25H16Cl2O6/c1-13-20(33-25(29)14-3-2-4-17(26)7-14)6-5-19-22(28)21(32-23(13)19)10-15-8-18(27)9-16-11-30-12-31-24(15)16/h2-10H,11-12H2,1H3/b21-10-. The van der Waals surface area contributed by atoms with Crippen molar-refractivity contribution in [3.8, 4) is 17.2 Å². The number of allylic oxidation sites excluding steroid dienone is 1. The van der Waals surface area contributed by atoms with Crippen molar-refractivity contribution in [2.45, 2.75) is 13.5 Å². The van der Waals surface area contributed by atoms with Gasteiger partial charge in [0.2, 0.25) is 5.78 Å². The molecule has 0 fully saturated rings. The topological polar surface area (TPSA) is 71.1 Å². The second-order valence-corrected chi connectivity index (χ2v) is 8.37. The predicted octanol–water partition coefficient (Wildman–Crippen LogP) is 6.00. The second-order valence-electron chi connectivity index (χ2n) is 7.50. The summed E-state index contributed by atoms with van der Waals surface area (Å²) >= 11 is 12.2. The number of Topliss-reactive ketones (excluding diaryl/α,β-unsaturated/α-hetero) is 1. The van der Waals surface area contributed by atoms with Crippen molar-refractivity contribution in [1.29, 1.82) is 0 Å². The number of halogens is 2. The summed E-state index contributed by atoms with van der Waals surface area (Å²) in [4.78, 5) is 25.5. The minimum atomic E-state index is -0.564. The smallest absolute Gasteiger partial charge is 0.343 e. The first-order valence-corrected chi connectivity index (χ1v) is 10.7. The lowest BCUT2D eigenvalue weighted by Crippen LogP contribution is -2.12. The number of benzene rings is 3. The molecule has 0 spiro atoms. The molecule has 0 aromatic heterocycles. The van der Waals surface area contributed by atoms with Crippen LogP contribution in [0.5, 0.6) is 17.2 Å². The Labute approximate surface area is 199 Å². The van der Waals surface area contributed by atoms with E-state index >= 15 is 0 Å². The normalized spacial score (nSPS) is 15.5. The summed E-state index contributed by atoms with van der Waals surface area (Å²) in [5.41, 5.74) is 2.62. The Morgan fingerprint density at radius 3 is 2.73 bits per heavy atom. The molecule has 33 heavy (non-hydrogen) atoms. The molecule has 6 nitrogen and oxygen atoms in total. The third-order valence-electron chi connectivity index (χ3n) is 5.29. The predicted molar refractivity (Wildman–Crippen MR) is 122 cm³/mol. The Kier molecular flexibility index (Phi) is 5.58. The maximum atomic E-state index is 13.0. The first-order chi connectivity index (χ1) is 15.9. The number of hydrogen-bond acceptors (Lipinski definition) is 6. The van der Waals surface area contributed by atoms with Crippen LogP contribution < -0.4 is 14.2 Å². The Hall–Kier alpha value is -3.32. The van der Waals surface area contributed by atoms with Crippen LogP contribution in [0.3, 0.4) is 0 Å². The highest BCUT2D eigenvalue weighted by molar-refractivity contribution is 6.31. The van der Waals surface area contributed by atoms with Gasteiger partial charge in [0.05, 0.1) is 17.7 Å². The number of fused-ring (bicyclic) bond motifs is 2. The maximum Gasteiger partial charge on any atom is 0.343 e. The first-order valence-electron chi connectivity index (χ1n) is 9.99. The molecule has 166 valence electrons. The van der Waals surface area contributed by atoms with Gasteiger partial charge in [-0.2, -0.15) is 0 Å². The van der Waals surface area contributed by atoms with Gasteiger partial charge in [0, 0.05) is 26.7 Å². The number of ketones is 1. The fourth-order valence-corrected chi connectivity index (χ4v) is 4.15. The first kappa shape index (κ1) is 21.5. The fraction of sp³-hybridized carbons (Fsp3) is 0.120. The molecule has 0 bridgehead atoms. The third kappa shape index (κ3) is 4.09. The number of carbonyl (C=O) groups excluding carboxylic acids is 2. The largest absolute Gasteiger partial charge is 0.467 e. The number of ether oxygens (including phenoxy) is 4. The van der Waals surface area contributed by atoms with Gasteiger partial charge >= 0.3 is 5.97 Å². The Balaban J connectivity index is 1.45.